The molecule has 0 spiro atoms. The number of hydrogen-bond acceptors (Lipinski definition) is 3. The van der Waals surface area contributed by atoms with E-state index in [2.05, 4.69) is 144 Å². The third-order valence-corrected chi connectivity index (χ3v) is 9.60. The smallest absolute Gasteiger partial charge is 0.135 e. The Kier molecular flexibility index (Phi) is 5.40. The van der Waals surface area contributed by atoms with Crippen molar-refractivity contribution in [3.8, 4) is 11.1 Å². The van der Waals surface area contributed by atoms with E-state index < -0.39 is 0 Å². The maximum atomic E-state index is 6.20. The van der Waals surface area contributed by atoms with E-state index in [1.165, 1.54) is 47.8 Å². The summed E-state index contributed by atoms with van der Waals surface area (Å²) in [5.41, 5.74) is 7.63. The summed E-state index contributed by atoms with van der Waals surface area (Å²) < 4.78 is 8.78. The maximum absolute atomic E-state index is 6.20. The molecule has 0 unspecified atom stereocenters. The zero-order valence-corrected chi connectivity index (χ0v) is 24.0. The predicted octanol–water partition coefficient (Wildman–Crippen LogP) is 12.2. The number of furan rings is 1. The van der Waals surface area contributed by atoms with Crippen molar-refractivity contribution < 1.29 is 4.42 Å². The van der Waals surface area contributed by atoms with Crippen LogP contribution in [0.1, 0.15) is 0 Å². The Morgan fingerprint density at radius 1 is 0.465 bits per heavy atom. The minimum Gasteiger partial charge on any atom is -0.456 e. The van der Waals surface area contributed by atoms with E-state index in [4.69, 9.17) is 4.42 Å². The summed E-state index contributed by atoms with van der Waals surface area (Å²) in [4.78, 5) is 2.40. The number of para-hydroxylation sites is 1. The van der Waals surface area contributed by atoms with Gasteiger partial charge in [-0.05, 0) is 76.5 Å². The number of thiophene rings is 1. The quantitative estimate of drug-likeness (QED) is 0.210. The highest BCUT2D eigenvalue weighted by atomic mass is 32.1. The van der Waals surface area contributed by atoms with Crippen molar-refractivity contribution in [2.24, 2.45) is 0 Å². The van der Waals surface area contributed by atoms with Gasteiger partial charge < -0.3 is 9.32 Å². The van der Waals surface area contributed by atoms with Crippen molar-refractivity contribution in [3.05, 3.63) is 152 Å². The molecule has 0 aliphatic heterocycles. The second-order valence-corrected chi connectivity index (χ2v) is 12.0. The van der Waals surface area contributed by atoms with Gasteiger partial charge in [-0.1, -0.05) is 97.1 Å². The van der Waals surface area contributed by atoms with Crippen LogP contribution in [0.4, 0.5) is 17.1 Å². The van der Waals surface area contributed by atoms with E-state index in [1.54, 1.807) is 0 Å². The van der Waals surface area contributed by atoms with Crippen molar-refractivity contribution in [1.82, 2.24) is 0 Å². The molecule has 0 saturated carbocycles. The lowest BCUT2D eigenvalue weighted by Crippen LogP contribution is -2.10. The second-order valence-electron chi connectivity index (χ2n) is 10.9. The zero-order valence-electron chi connectivity index (χ0n) is 23.2. The first-order chi connectivity index (χ1) is 21.3. The van der Waals surface area contributed by atoms with Gasteiger partial charge in [0.25, 0.3) is 0 Å². The average Bonchev–Trinajstić information content (AvgIpc) is 3.64. The molecule has 0 fully saturated rings. The normalized spacial score (nSPS) is 11.7. The molecule has 43 heavy (non-hydrogen) atoms. The zero-order chi connectivity index (χ0) is 28.3. The molecular formula is C40H25NOS. The molecule has 9 aromatic rings. The predicted molar refractivity (Wildman–Crippen MR) is 184 cm³/mol. The fourth-order valence-corrected chi connectivity index (χ4v) is 7.62. The van der Waals surface area contributed by atoms with Crippen LogP contribution >= 0.6 is 11.3 Å². The number of fused-ring (bicyclic) bond motifs is 7. The van der Waals surface area contributed by atoms with Gasteiger partial charge in [-0.2, -0.15) is 0 Å². The summed E-state index contributed by atoms with van der Waals surface area (Å²) in [5, 5.41) is 7.32. The molecule has 3 heteroatoms. The van der Waals surface area contributed by atoms with Crippen molar-refractivity contribution in [3.63, 3.8) is 0 Å². The van der Waals surface area contributed by atoms with Gasteiger partial charge in [-0.15, -0.1) is 11.3 Å². The topological polar surface area (TPSA) is 16.4 Å². The van der Waals surface area contributed by atoms with Gasteiger partial charge in [0, 0.05) is 42.3 Å². The highest BCUT2D eigenvalue weighted by Gasteiger charge is 2.20. The summed E-state index contributed by atoms with van der Waals surface area (Å²) in [7, 11) is 0. The Bertz CT molecular complexity index is 2460. The molecular weight excluding hydrogens is 543 g/mol. The van der Waals surface area contributed by atoms with E-state index in [0.717, 1.165) is 33.3 Å². The molecule has 0 radical (unpaired) electrons. The van der Waals surface area contributed by atoms with Gasteiger partial charge in [-0.3, -0.25) is 0 Å². The number of anilines is 3. The van der Waals surface area contributed by atoms with Crippen molar-refractivity contribution in [1.29, 1.82) is 0 Å². The van der Waals surface area contributed by atoms with E-state index >= 15 is 0 Å². The van der Waals surface area contributed by atoms with E-state index in [9.17, 15) is 0 Å². The summed E-state index contributed by atoms with van der Waals surface area (Å²) in [6.45, 7) is 0. The molecule has 2 aromatic heterocycles. The standard InChI is InChI=1S/C40H25NOS/c1-2-11-30-26(9-1)10-7-14-31(30)27-19-21-28(22-20-27)41(29-23-24-37-34(25-29)32-12-3-5-16-36(32)42-37)35-15-8-18-39-40(35)33-13-4-6-17-38(33)43-39/h1-25H. The number of benzene rings is 7. The van der Waals surface area contributed by atoms with Crippen LogP contribution in [0.2, 0.25) is 0 Å². The number of nitrogens with zero attached hydrogens (tertiary/aromatic N) is 1. The Morgan fingerprint density at radius 2 is 1.14 bits per heavy atom. The largest absolute Gasteiger partial charge is 0.456 e. The molecule has 202 valence electrons. The Morgan fingerprint density at radius 3 is 2.05 bits per heavy atom. The molecule has 0 aliphatic rings. The van der Waals surface area contributed by atoms with Crippen molar-refractivity contribution >= 4 is 81.3 Å². The van der Waals surface area contributed by atoms with Crippen LogP contribution in [-0.2, 0) is 0 Å². The van der Waals surface area contributed by atoms with Crippen LogP contribution in [0.5, 0.6) is 0 Å². The SMILES string of the molecule is c1ccc2c(-c3ccc(N(c4ccc5oc6ccccc6c5c4)c4cccc5sc6ccccc6c45)cc3)cccc2c1. The number of rotatable bonds is 4. The third-order valence-electron chi connectivity index (χ3n) is 8.47. The van der Waals surface area contributed by atoms with Gasteiger partial charge in [0.1, 0.15) is 11.2 Å². The Balaban J connectivity index is 1.28. The highest BCUT2D eigenvalue weighted by Crippen LogP contribution is 2.46. The van der Waals surface area contributed by atoms with Crippen molar-refractivity contribution in [2.75, 3.05) is 4.90 Å². The van der Waals surface area contributed by atoms with Crippen LogP contribution in [-0.4, -0.2) is 0 Å². The average molecular weight is 568 g/mol. The fraction of sp³-hybridized carbons (Fsp3) is 0. The third kappa shape index (κ3) is 3.86. The molecule has 0 saturated heterocycles. The van der Waals surface area contributed by atoms with Gasteiger partial charge in [0.15, 0.2) is 0 Å². The van der Waals surface area contributed by atoms with Crippen molar-refractivity contribution in [2.45, 2.75) is 0 Å². The molecule has 0 bridgehead atoms. The van der Waals surface area contributed by atoms with Gasteiger partial charge in [-0.25, -0.2) is 0 Å². The molecule has 9 rings (SSSR count). The molecule has 0 aliphatic carbocycles. The second kappa shape index (κ2) is 9.59. The van der Waals surface area contributed by atoms with Gasteiger partial charge in [0.2, 0.25) is 0 Å². The molecule has 0 N–H and O–H groups in total. The fourth-order valence-electron chi connectivity index (χ4n) is 6.49. The summed E-state index contributed by atoms with van der Waals surface area (Å²) in [6.07, 6.45) is 0. The summed E-state index contributed by atoms with van der Waals surface area (Å²) >= 11 is 1.85. The Hall–Kier alpha value is -5.38. The summed E-state index contributed by atoms with van der Waals surface area (Å²) in [6, 6.07) is 54.4. The first-order valence-electron chi connectivity index (χ1n) is 14.5. The van der Waals surface area contributed by atoms with Crippen LogP contribution in [0.3, 0.4) is 0 Å². The molecule has 2 heterocycles. The highest BCUT2D eigenvalue weighted by molar-refractivity contribution is 7.26. The molecule has 7 aromatic carbocycles. The van der Waals surface area contributed by atoms with Crippen LogP contribution in [0, 0.1) is 0 Å². The van der Waals surface area contributed by atoms with Crippen LogP contribution in [0.15, 0.2) is 156 Å². The lowest BCUT2D eigenvalue weighted by atomic mass is 9.98. The Labute approximate surface area is 252 Å². The van der Waals surface area contributed by atoms with Gasteiger partial charge >= 0.3 is 0 Å². The lowest BCUT2D eigenvalue weighted by Gasteiger charge is -2.27. The number of hydrogen-bond donors (Lipinski definition) is 0. The molecule has 0 atom stereocenters. The van der Waals surface area contributed by atoms with E-state index in [0.29, 0.717) is 0 Å². The maximum Gasteiger partial charge on any atom is 0.135 e. The van der Waals surface area contributed by atoms with E-state index in [-0.39, 0.29) is 0 Å². The lowest BCUT2D eigenvalue weighted by molar-refractivity contribution is 0.669. The first kappa shape index (κ1) is 24.2. The minimum absolute atomic E-state index is 0.899. The van der Waals surface area contributed by atoms with Crippen LogP contribution in [0.25, 0.3) is 64.0 Å². The van der Waals surface area contributed by atoms with Crippen LogP contribution < -0.4 is 4.90 Å². The monoisotopic (exact) mass is 567 g/mol. The minimum atomic E-state index is 0.899. The van der Waals surface area contributed by atoms with E-state index in [1.807, 2.05) is 23.5 Å². The molecule has 2 nitrogen and oxygen atoms in total. The summed E-state index contributed by atoms with van der Waals surface area (Å²) in [5.74, 6) is 0. The first-order valence-corrected chi connectivity index (χ1v) is 15.3. The van der Waals surface area contributed by atoms with Gasteiger partial charge in [0.05, 0.1) is 5.69 Å². The molecule has 0 amide bonds.